The summed E-state index contributed by atoms with van der Waals surface area (Å²) in [6.07, 6.45) is -0.642. The standard InChI is InChI=1S/C21H16ClFN2O3S/c1-12-21(27)25(11-13-2-4-14(23)5-3-13)16-10-15(6-7-17(16)28-12)24-20(26)18-8-9-19(22)29-18/h2-10,12H,11H2,1H3,(H,24,26). The fraction of sp³-hybridized carbons (Fsp3) is 0.143. The van der Waals surface area contributed by atoms with Crippen molar-refractivity contribution in [3.63, 3.8) is 0 Å². The van der Waals surface area contributed by atoms with Gasteiger partial charge in [0.05, 0.1) is 21.4 Å². The van der Waals surface area contributed by atoms with Gasteiger partial charge in [0.2, 0.25) is 0 Å². The van der Waals surface area contributed by atoms with Crippen molar-refractivity contribution in [1.29, 1.82) is 0 Å². The molecule has 0 saturated heterocycles. The third-order valence-corrected chi connectivity index (χ3v) is 5.71. The van der Waals surface area contributed by atoms with E-state index >= 15 is 0 Å². The highest BCUT2D eigenvalue weighted by atomic mass is 35.5. The third kappa shape index (κ3) is 4.11. The molecular formula is C21H16ClFN2O3S. The molecule has 1 aliphatic heterocycles. The number of nitrogens with zero attached hydrogens (tertiary/aromatic N) is 1. The molecule has 1 N–H and O–H groups in total. The van der Waals surface area contributed by atoms with Crippen LogP contribution in [0.15, 0.2) is 54.6 Å². The topological polar surface area (TPSA) is 58.6 Å². The first-order valence-corrected chi connectivity index (χ1v) is 10.0. The third-order valence-electron chi connectivity index (χ3n) is 4.48. The summed E-state index contributed by atoms with van der Waals surface area (Å²) < 4.78 is 19.4. The Labute approximate surface area is 175 Å². The molecule has 8 heteroatoms. The Morgan fingerprint density at radius 3 is 2.66 bits per heavy atom. The lowest BCUT2D eigenvalue weighted by Gasteiger charge is -2.33. The van der Waals surface area contributed by atoms with Gasteiger partial charge in [-0.15, -0.1) is 11.3 Å². The zero-order chi connectivity index (χ0) is 20.5. The summed E-state index contributed by atoms with van der Waals surface area (Å²) in [5.74, 6) is -0.301. The number of carbonyl (C=O) groups is 2. The van der Waals surface area contributed by atoms with Crippen LogP contribution in [0.3, 0.4) is 0 Å². The maximum Gasteiger partial charge on any atom is 0.268 e. The molecule has 1 aromatic heterocycles. The number of thiophene rings is 1. The van der Waals surface area contributed by atoms with Crippen molar-refractivity contribution in [3.8, 4) is 5.75 Å². The minimum absolute atomic E-state index is 0.213. The van der Waals surface area contributed by atoms with Crippen molar-refractivity contribution in [3.05, 3.63) is 75.2 Å². The number of fused-ring (bicyclic) bond motifs is 1. The maximum atomic E-state index is 13.2. The van der Waals surface area contributed by atoms with E-state index in [0.717, 1.165) is 5.56 Å². The predicted octanol–water partition coefficient (Wildman–Crippen LogP) is 5.11. The fourth-order valence-electron chi connectivity index (χ4n) is 3.05. The smallest absolute Gasteiger partial charge is 0.268 e. The van der Waals surface area contributed by atoms with E-state index in [4.69, 9.17) is 16.3 Å². The minimum Gasteiger partial charge on any atom is -0.479 e. The summed E-state index contributed by atoms with van der Waals surface area (Å²) in [5, 5.41) is 2.81. The molecule has 1 aliphatic rings. The predicted molar refractivity (Wildman–Crippen MR) is 111 cm³/mol. The number of halogens is 2. The zero-order valence-electron chi connectivity index (χ0n) is 15.3. The second-order valence-electron chi connectivity index (χ2n) is 6.55. The second kappa shape index (κ2) is 7.85. The monoisotopic (exact) mass is 430 g/mol. The van der Waals surface area contributed by atoms with Crippen molar-refractivity contribution >= 4 is 46.1 Å². The molecule has 0 saturated carbocycles. The van der Waals surface area contributed by atoms with Gasteiger partial charge in [0.1, 0.15) is 11.6 Å². The van der Waals surface area contributed by atoms with Gasteiger partial charge in [-0.25, -0.2) is 4.39 Å². The molecule has 0 radical (unpaired) electrons. The van der Waals surface area contributed by atoms with Crippen LogP contribution in [0.5, 0.6) is 5.75 Å². The SMILES string of the molecule is CC1Oc2ccc(NC(=O)c3ccc(Cl)s3)cc2N(Cc2ccc(F)cc2)C1=O. The number of amides is 2. The van der Waals surface area contributed by atoms with Gasteiger partial charge >= 0.3 is 0 Å². The number of rotatable bonds is 4. The van der Waals surface area contributed by atoms with Crippen molar-refractivity contribution in [2.45, 2.75) is 19.6 Å². The Kier molecular flexibility index (Phi) is 5.25. The molecule has 0 aliphatic carbocycles. The van der Waals surface area contributed by atoms with Crippen LogP contribution in [-0.2, 0) is 11.3 Å². The van der Waals surface area contributed by atoms with E-state index in [1.807, 2.05) is 0 Å². The normalized spacial score (nSPS) is 15.6. The summed E-state index contributed by atoms with van der Waals surface area (Å²) in [6, 6.07) is 14.4. The van der Waals surface area contributed by atoms with Crippen LogP contribution in [0.4, 0.5) is 15.8 Å². The van der Waals surface area contributed by atoms with E-state index in [1.165, 1.54) is 23.5 Å². The van der Waals surface area contributed by atoms with Crippen LogP contribution in [0.25, 0.3) is 0 Å². The van der Waals surface area contributed by atoms with Crippen LogP contribution in [0.2, 0.25) is 4.34 Å². The lowest BCUT2D eigenvalue weighted by atomic mass is 10.1. The second-order valence-corrected chi connectivity index (χ2v) is 8.27. The van der Waals surface area contributed by atoms with E-state index in [2.05, 4.69) is 5.32 Å². The molecule has 2 amide bonds. The van der Waals surface area contributed by atoms with Gasteiger partial charge in [-0.2, -0.15) is 0 Å². The fourth-order valence-corrected chi connectivity index (χ4v) is 3.99. The first-order valence-electron chi connectivity index (χ1n) is 8.84. The lowest BCUT2D eigenvalue weighted by Crippen LogP contribution is -2.44. The molecule has 2 heterocycles. The molecule has 0 bridgehead atoms. The van der Waals surface area contributed by atoms with Crippen molar-refractivity contribution in [1.82, 2.24) is 0 Å². The van der Waals surface area contributed by atoms with E-state index in [0.29, 0.717) is 26.3 Å². The maximum absolute atomic E-state index is 13.2. The van der Waals surface area contributed by atoms with Crippen molar-refractivity contribution in [2.24, 2.45) is 0 Å². The molecule has 148 valence electrons. The van der Waals surface area contributed by atoms with Gasteiger partial charge in [0.25, 0.3) is 11.8 Å². The van der Waals surface area contributed by atoms with Crippen LogP contribution in [-0.4, -0.2) is 17.9 Å². The van der Waals surface area contributed by atoms with Gasteiger partial charge in [-0.05, 0) is 55.0 Å². The Morgan fingerprint density at radius 1 is 1.21 bits per heavy atom. The quantitative estimate of drug-likeness (QED) is 0.626. The van der Waals surface area contributed by atoms with Gasteiger partial charge in [0, 0.05) is 5.69 Å². The van der Waals surface area contributed by atoms with Gasteiger partial charge in [0.15, 0.2) is 6.10 Å². The highest BCUT2D eigenvalue weighted by molar-refractivity contribution is 7.18. The Hall–Kier alpha value is -2.90. The molecule has 2 aromatic carbocycles. The molecule has 3 aromatic rings. The van der Waals surface area contributed by atoms with Gasteiger partial charge in [-0.1, -0.05) is 23.7 Å². The van der Waals surface area contributed by atoms with E-state index in [-0.39, 0.29) is 24.2 Å². The summed E-state index contributed by atoms with van der Waals surface area (Å²) >= 11 is 7.07. The number of nitrogens with one attached hydrogen (secondary N) is 1. The summed E-state index contributed by atoms with van der Waals surface area (Å²) in [5.41, 5.74) is 1.84. The molecule has 1 atom stereocenters. The molecule has 4 rings (SSSR count). The number of hydrogen-bond donors (Lipinski definition) is 1. The van der Waals surface area contributed by atoms with E-state index in [9.17, 15) is 14.0 Å². The summed E-state index contributed by atoms with van der Waals surface area (Å²) in [7, 11) is 0. The van der Waals surface area contributed by atoms with Crippen LogP contribution in [0.1, 0.15) is 22.2 Å². The van der Waals surface area contributed by atoms with Crippen molar-refractivity contribution < 1.29 is 18.7 Å². The average Bonchev–Trinajstić information content (AvgIpc) is 3.14. The van der Waals surface area contributed by atoms with Crippen LogP contribution < -0.4 is 15.0 Å². The van der Waals surface area contributed by atoms with E-state index in [1.54, 1.807) is 54.3 Å². The summed E-state index contributed by atoms with van der Waals surface area (Å²) in [6.45, 7) is 1.94. The Balaban J connectivity index is 1.63. The zero-order valence-corrected chi connectivity index (χ0v) is 16.9. The number of anilines is 2. The Morgan fingerprint density at radius 2 is 1.97 bits per heavy atom. The minimum atomic E-state index is -0.642. The number of hydrogen-bond acceptors (Lipinski definition) is 4. The molecule has 0 spiro atoms. The molecular weight excluding hydrogens is 415 g/mol. The number of ether oxygens (including phenoxy) is 1. The molecule has 1 unspecified atom stereocenters. The lowest BCUT2D eigenvalue weighted by molar-refractivity contribution is -0.125. The van der Waals surface area contributed by atoms with Crippen molar-refractivity contribution in [2.75, 3.05) is 10.2 Å². The summed E-state index contributed by atoms with van der Waals surface area (Å²) in [4.78, 5) is 27.2. The number of benzene rings is 2. The van der Waals surface area contributed by atoms with Gasteiger partial charge in [-0.3, -0.25) is 9.59 Å². The van der Waals surface area contributed by atoms with Crippen LogP contribution in [0, 0.1) is 5.82 Å². The molecule has 0 fully saturated rings. The molecule has 29 heavy (non-hydrogen) atoms. The highest BCUT2D eigenvalue weighted by Crippen LogP contribution is 2.37. The largest absolute Gasteiger partial charge is 0.479 e. The first-order chi connectivity index (χ1) is 13.9. The van der Waals surface area contributed by atoms with Crippen LogP contribution >= 0.6 is 22.9 Å². The van der Waals surface area contributed by atoms with Gasteiger partial charge < -0.3 is 15.0 Å². The number of carbonyl (C=O) groups excluding carboxylic acids is 2. The first kappa shape index (κ1) is 19.4. The average molecular weight is 431 g/mol. The van der Waals surface area contributed by atoms with E-state index < -0.39 is 6.10 Å². The molecule has 5 nitrogen and oxygen atoms in total. The Bertz CT molecular complexity index is 1080. The highest BCUT2D eigenvalue weighted by Gasteiger charge is 2.32.